The van der Waals surface area contributed by atoms with Crippen molar-refractivity contribution < 1.29 is 0 Å². The van der Waals surface area contributed by atoms with E-state index >= 15 is 0 Å². The fraction of sp³-hybridized carbons (Fsp3) is 0.250. The third-order valence-corrected chi connectivity index (χ3v) is 5.94. The number of para-hydroxylation sites is 2. The Labute approximate surface area is 164 Å². The first-order valence-electron chi connectivity index (χ1n) is 9.86. The summed E-state index contributed by atoms with van der Waals surface area (Å²) in [6.45, 7) is 4.27. The van der Waals surface area contributed by atoms with Gasteiger partial charge in [0.25, 0.3) is 0 Å². The van der Waals surface area contributed by atoms with Gasteiger partial charge in [0.15, 0.2) is 5.65 Å². The van der Waals surface area contributed by atoms with Crippen molar-refractivity contribution in [2.75, 3.05) is 5.32 Å². The average Bonchev–Trinajstić information content (AvgIpc) is 3.10. The van der Waals surface area contributed by atoms with Crippen LogP contribution in [0, 0.1) is 25.2 Å². The molecule has 2 heterocycles. The number of nitrogens with one attached hydrogen (secondary N) is 1. The molecule has 0 fully saturated rings. The molecule has 0 spiro atoms. The number of fused-ring (bicyclic) bond motifs is 4. The zero-order valence-corrected chi connectivity index (χ0v) is 16.2. The lowest BCUT2D eigenvalue weighted by molar-refractivity contribution is 0.682. The van der Waals surface area contributed by atoms with Crippen LogP contribution >= 0.6 is 0 Å². The van der Waals surface area contributed by atoms with Crippen molar-refractivity contribution in [1.82, 2.24) is 9.38 Å². The summed E-state index contributed by atoms with van der Waals surface area (Å²) in [6.07, 6.45) is 4.21. The van der Waals surface area contributed by atoms with Crippen LogP contribution in [-0.2, 0) is 12.8 Å². The van der Waals surface area contributed by atoms with Gasteiger partial charge in [-0.05, 0) is 86.1 Å². The molecule has 1 aliphatic rings. The predicted octanol–water partition coefficient (Wildman–Crippen LogP) is 5.60. The minimum Gasteiger partial charge on any atom is -0.341 e. The Balaban J connectivity index is 1.85. The summed E-state index contributed by atoms with van der Waals surface area (Å²) < 4.78 is 2.15. The van der Waals surface area contributed by atoms with Crippen molar-refractivity contribution in [3.05, 3.63) is 70.3 Å². The molecule has 4 nitrogen and oxygen atoms in total. The van der Waals surface area contributed by atoms with Crippen molar-refractivity contribution in [3.8, 4) is 6.07 Å². The maximum Gasteiger partial charge on any atom is 0.157 e. The molecule has 5 rings (SSSR count). The van der Waals surface area contributed by atoms with Gasteiger partial charge in [0, 0.05) is 5.69 Å². The van der Waals surface area contributed by atoms with Crippen molar-refractivity contribution in [3.63, 3.8) is 0 Å². The Kier molecular flexibility index (Phi) is 3.84. The van der Waals surface area contributed by atoms with Crippen LogP contribution in [0.15, 0.2) is 42.5 Å². The van der Waals surface area contributed by atoms with E-state index in [1.54, 1.807) is 0 Å². The molecule has 0 aliphatic heterocycles. The van der Waals surface area contributed by atoms with Crippen molar-refractivity contribution in [1.29, 1.82) is 5.26 Å². The molecule has 0 radical (unpaired) electrons. The lowest BCUT2D eigenvalue weighted by Gasteiger charge is -2.23. The van der Waals surface area contributed by atoms with Gasteiger partial charge in [0.2, 0.25) is 0 Å². The van der Waals surface area contributed by atoms with Crippen LogP contribution in [0.5, 0.6) is 0 Å². The summed E-state index contributed by atoms with van der Waals surface area (Å²) in [5.41, 5.74) is 9.49. The second-order valence-corrected chi connectivity index (χ2v) is 7.68. The molecule has 2 aromatic carbocycles. The van der Waals surface area contributed by atoms with Crippen molar-refractivity contribution in [2.45, 2.75) is 39.5 Å². The Morgan fingerprint density at radius 2 is 1.79 bits per heavy atom. The van der Waals surface area contributed by atoms with Crippen LogP contribution in [0.25, 0.3) is 16.7 Å². The highest BCUT2D eigenvalue weighted by molar-refractivity contribution is 5.87. The van der Waals surface area contributed by atoms with Gasteiger partial charge < -0.3 is 5.32 Å². The van der Waals surface area contributed by atoms with Crippen molar-refractivity contribution >= 4 is 28.2 Å². The molecule has 0 unspecified atom stereocenters. The molecule has 0 bridgehead atoms. The van der Waals surface area contributed by atoms with Crippen LogP contribution in [0.2, 0.25) is 0 Å². The maximum atomic E-state index is 9.94. The quantitative estimate of drug-likeness (QED) is 0.502. The van der Waals surface area contributed by atoms with E-state index in [1.807, 2.05) is 18.2 Å². The predicted molar refractivity (Wildman–Crippen MR) is 113 cm³/mol. The number of imidazole rings is 1. The second kappa shape index (κ2) is 6.38. The van der Waals surface area contributed by atoms with Gasteiger partial charge in [-0.3, -0.25) is 4.40 Å². The molecule has 1 N–H and O–H groups in total. The highest BCUT2D eigenvalue weighted by Crippen LogP contribution is 2.37. The molecule has 0 atom stereocenters. The molecule has 2 aromatic heterocycles. The van der Waals surface area contributed by atoms with E-state index in [1.165, 1.54) is 22.3 Å². The van der Waals surface area contributed by atoms with Gasteiger partial charge in [-0.2, -0.15) is 5.26 Å². The van der Waals surface area contributed by atoms with Gasteiger partial charge in [-0.1, -0.05) is 18.2 Å². The van der Waals surface area contributed by atoms with Crippen molar-refractivity contribution in [2.24, 2.45) is 0 Å². The fourth-order valence-electron chi connectivity index (χ4n) is 4.34. The van der Waals surface area contributed by atoms with Gasteiger partial charge >= 0.3 is 0 Å². The third-order valence-electron chi connectivity index (χ3n) is 5.94. The molecule has 138 valence electrons. The fourth-order valence-corrected chi connectivity index (χ4v) is 4.34. The van der Waals surface area contributed by atoms with Gasteiger partial charge in [-0.15, -0.1) is 0 Å². The third kappa shape index (κ3) is 2.47. The van der Waals surface area contributed by atoms with E-state index in [-0.39, 0.29) is 0 Å². The van der Waals surface area contributed by atoms with E-state index in [0.717, 1.165) is 59.4 Å². The summed E-state index contributed by atoms with van der Waals surface area (Å²) in [5.74, 6) is 1.06. The molecule has 0 saturated carbocycles. The van der Waals surface area contributed by atoms with Gasteiger partial charge in [0.1, 0.15) is 11.9 Å². The summed E-state index contributed by atoms with van der Waals surface area (Å²) in [7, 11) is 0. The number of hydrogen-bond acceptors (Lipinski definition) is 3. The normalized spacial score (nSPS) is 13.5. The Morgan fingerprint density at radius 3 is 2.57 bits per heavy atom. The lowest BCUT2D eigenvalue weighted by Crippen LogP contribution is -2.13. The molecule has 4 heteroatoms. The largest absolute Gasteiger partial charge is 0.341 e. The van der Waals surface area contributed by atoms with E-state index in [0.29, 0.717) is 0 Å². The van der Waals surface area contributed by atoms with Gasteiger partial charge in [-0.25, -0.2) is 4.98 Å². The number of anilines is 2. The molecule has 0 amide bonds. The highest BCUT2D eigenvalue weighted by Gasteiger charge is 2.24. The number of aromatic nitrogens is 2. The zero-order chi connectivity index (χ0) is 19.3. The minimum absolute atomic E-state index is 0.733. The lowest BCUT2D eigenvalue weighted by atomic mass is 9.89. The average molecular weight is 366 g/mol. The number of hydrogen-bond donors (Lipinski definition) is 1. The molecule has 1 aliphatic carbocycles. The Hall–Kier alpha value is -3.32. The smallest absolute Gasteiger partial charge is 0.157 e. The van der Waals surface area contributed by atoms with Crippen LogP contribution in [-0.4, -0.2) is 9.38 Å². The first-order valence-corrected chi connectivity index (χ1v) is 9.86. The topological polar surface area (TPSA) is 53.1 Å². The Morgan fingerprint density at radius 1 is 1.00 bits per heavy atom. The number of rotatable bonds is 2. The van der Waals surface area contributed by atoms with Gasteiger partial charge in [0.05, 0.1) is 16.6 Å². The molecule has 28 heavy (non-hydrogen) atoms. The number of nitriles is 1. The summed E-state index contributed by atoms with van der Waals surface area (Å²) >= 11 is 0. The number of aryl methyl sites for hydroxylation is 2. The minimum atomic E-state index is 0.733. The number of benzene rings is 2. The SMILES string of the molecule is Cc1ccc(Nc2c3c(c(C#N)c4nc5ccccc5n24)CCCC3)cc1C. The monoisotopic (exact) mass is 366 g/mol. The van der Waals surface area contributed by atoms with Crippen LogP contribution < -0.4 is 5.32 Å². The van der Waals surface area contributed by atoms with Crippen LogP contribution in [0.3, 0.4) is 0 Å². The maximum absolute atomic E-state index is 9.94. The summed E-state index contributed by atoms with van der Waals surface area (Å²) in [6, 6.07) is 17.0. The second-order valence-electron chi connectivity index (χ2n) is 7.68. The van der Waals surface area contributed by atoms with E-state index in [2.05, 4.69) is 53.9 Å². The number of pyridine rings is 1. The standard InChI is InChI=1S/C24H22N4/c1-15-11-12-17(13-16(15)2)26-23-19-8-4-3-7-18(19)20(14-25)24-27-21-9-5-6-10-22(21)28(23)24/h5-6,9-13,26H,3-4,7-8H2,1-2H3. The van der Waals surface area contributed by atoms with Crippen LogP contribution in [0.4, 0.5) is 11.5 Å². The van der Waals surface area contributed by atoms with E-state index in [4.69, 9.17) is 4.98 Å². The number of nitrogens with zero attached hydrogens (tertiary/aromatic N) is 3. The van der Waals surface area contributed by atoms with E-state index < -0.39 is 0 Å². The van der Waals surface area contributed by atoms with E-state index in [9.17, 15) is 5.26 Å². The molecular formula is C24H22N4. The zero-order valence-electron chi connectivity index (χ0n) is 16.2. The summed E-state index contributed by atoms with van der Waals surface area (Å²) in [5, 5.41) is 13.6. The molecule has 0 saturated heterocycles. The molecular weight excluding hydrogens is 344 g/mol. The Bertz CT molecular complexity index is 1270. The first-order chi connectivity index (χ1) is 13.7. The summed E-state index contributed by atoms with van der Waals surface area (Å²) in [4.78, 5) is 4.83. The highest BCUT2D eigenvalue weighted by atomic mass is 15.1. The molecule has 4 aromatic rings. The van der Waals surface area contributed by atoms with Crippen LogP contribution in [0.1, 0.15) is 40.7 Å². The first kappa shape index (κ1) is 16.8.